The van der Waals surface area contributed by atoms with Gasteiger partial charge in [0, 0.05) is 29.8 Å². The van der Waals surface area contributed by atoms with Crippen molar-refractivity contribution in [1.82, 2.24) is 19.9 Å². The van der Waals surface area contributed by atoms with E-state index in [1.54, 1.807) is 29.9 Å². The van der Waals surface area contributed by atoms with E-state index in [0.29, 0.717) is 24.0 Å². The molecule has 1 N–H and O–H groups in total. The molecule has 0 amide bonds. The molecule has 1 aliphatic heterocycles. The van der Waals surface area contributed by atoms with E-state index in [0.717, 1.165) is 48.5 Å². The average molecular weight is 383 g/mol. The van der Waals surface area contributed by atoms with E-state index in [4.69, 9.17) is 19.5 Å². The largest absolute Gasteiger partial charge is 0.381 e. The van der Waals surface area contributed by atoms with Crippen molar-refractivity contribution in [3.8, 4) is 11.5 Å². The van der Waals surface area contributed by atoms with Gasteiger partial charge in [0.2, 0.25) is 0 Å². The van der Waals surface area contributed by atoms with Crippen LogP contribution in [0.25, 0.3) is 21.7 Å². The third-order valence-electron chi connectivity index (χ3n) is 5.12. The van der Waals surface area contributed by atoms with E-state index < -0.39 is 0 Å². The van der Waals surface area contributed by atoms with E-state index in [1.165, 1.54) is 23.3 Å². The summed E-state index contributed by atoms with van der Waals surface area (Å²) in [7, 11) is 0. The minimum Gasteiger partial charge on any atom is -0.381 e. The van der Waals surface area contributed by atoms with E-state index in [2.05, 4.69) is 15.4 Å². The van der Waals surface area contributed by atoms with E-state index in [-0.39, 0.29) is 0 Å². The standard InChI is InChI=1S/C19H21N5O2S/c1-2-4-15-13(3-1)16-18(24-26-11-12-5-8-25-10-12)22-17(23-19(16)27-15)14-9-20-6-7-21-14/h6-7,9,12H,1-5,8,10-11H2,(H,22,23,24). The fourth-order valence-corrected chi connectivity index (χ4v) is 4.96. The highest BCUT2D eigenvalue weighted by atomic mass is 32.1. The second-order valence-corrected chi connectivity index (χ2v) is 8.10. The van der Waals surface area contributed by atoms with E-state index in [1.807, 2.05) is 0 Å². The zero-order chi connectivity index (χ0) is 18.1. The number of aryl methyl sites for hydroxylation is 2. The van der Waals surface area contributed by atoms with Crippen molar-refractivity contribution in [3.63, 3.8) is 0 Å². The lowest BCUT2D eigenvalue weighted by Crippen LogP contribution is -2.14. The van der Waals surface area contributed by atoms with Crippen LogP contribution in [0.1, 0.15) is 29.7 Å². The highest BCUT2D eigenvalue weighted by molar-refractivity contribution is 7.19. The van der Waals surface area contributed by atoms with Crippen molar-refractivity contribution >= 4 is 27.4 Å². The quantitative estimate of drug-likeness (QED) is 0.676. The monoisotopic (exact) mass is 383 g/mol. The van der Waals surface area contributed by atoms with Crippen LogP contribution < -0.4 is 5.48 Å². The van der Waals surface area contributed by atoms with Crippen molar-refractivity contribution in [2.45, 2.75) is 32.1 Å². The highest BCUT2D eigenvalue weighted by Gasteiger charge is 2.22. The van der Waals surface area contributed by atoms with Gasteiger partial charge in [0.1, 0.15) is 10.5 Å². The first-order valence-corrected chi connectivity index (χ1v) is 10.2. The number of hydrogen-bond donors (Lipinski definition) is 1. The summed E-state index contributed by atoms with van der Waals surface area (Å²) in [6.45, 7) is 2.19. The number of hydrogen-bond acceptors (Lipinski definition) is 8. The molecule has 27 heavy (non-hydrogen) atoms. The molecule has 3 aromatic heterocycles. The molecule has 1 saturated heterocycles. The van der Waals surface area contributed by atoms with Crippen LogP contribution in [0.2, 0.25) is 0 Å². The lowest BCUT2D eigenvalue weighted by atomic mass is 9.97. The van der Waals surface area contributed by atoms with Gasteiger partial charge < -0.3 is 4.74 Å². The Hall–Kier alpha value is -2.16. The summed E-state index contributed by atoms with van der Waals surface area (Å²) in [4.78, 5) is 26.3. The van der Waals surface area contributed by atoms with Crippen molar-refractivity contribution in [3.05, 3.63) is 29.0 Å². The molecule has 2 aliphatic rings. The van der Waals surface area contributed by atoms with Gasteiger partial charge in [-0.05, 0) is 37.7 Å². The number of ether oxygens (including phenoxy) is 1. The summed E-state index contributed by atoms with van der Waals surface area (Å²) >= 11 is 1.77. The normalized spacial score (nSPS) is 19.3. The molecular weight excluding hydrogens is 362 g/mol. The highest BCUT2D eigenvalue weighted by Crippen LogP contribution is 2.39. The molecule has 5 rings (SSSR count). The molecule has 4 heterocycles. The number of rotatable bonds is 5. The SMILES string of the molecule is c1cnc(-c2nc(NOCC3CCOC3)c3c4c(sc3n2)CCCC4)cn1. The number of fused-ring (bicyclic) bond motifs is 3. The summed E-state index contributed by atoms with van der Waals surface area (Å²) in [5.74, 6) is 1.74. The van der Waals surface area contributed by atoms with Gasteiger partial charge in [-0.15, -0.1) is 11.3 Å². The van der Waals surface area contributed by atoms with Crippen molar-refractivity contribution < 1.29 is 9.57 Å². The van der Waals surface area contributed by atoms with Crippen LogP contribution in [0.15, 0.2) is 18.6 Å². The van der Waals surface area contributed by atoms with E-state index in [9.17, 15) is 0 Å². The number of nitrogens with zero attached hydrogens (tertiary/aromatic N) is 4. The van der Waals surface area contributed by atoms with Crippen LogP contribution >= 0.6 is 11.3 Å². The number of aromatic nitrogens is 4. The molecule has 1 fully saturated rings. The van der Waals surface area contributed by atoms with E-state index >= 15 is 0 Å². The molecule has 7 nitrogen and oxygen atoms in total. The number of nitrogens with one attached hydrogen (secondary N) is 1. The van der Waals surface area contributed by atoms with Gasteiger partial charge in [0.25, 0.3) is 0 Å². The summed E-state index contributed by atoms with van der Waals surface area (Å²) < 4.78 is 5.42. The van der Waals surface area contributed by atoms with Crippen LogP contribution in [-0.4, -0.2) is 39.8 Å². The van der Waals surface area contributed by atoms with Crippen molar-refractivity contribution in [2.75, 3.05) is 25.3 Å². The molecule has 0 bridgehead atoms. The minimum atomic E-state index is 0.436. The Labute approximate surface area is 161 Å². The maximum Gasteiger partial charge on any atom is 0.183 e. The molecule has 3 aromatic rings. The van der Waals surface area contributed by atoms with Crippen LogP contribution in [0.5, 0.6) is 0 Å². The Kier molecular flexibility index (Phi) is 4.69. The molecule has 140 valence electrons. The molecule has 1 unspecified atom stereocenters. The maximum atomic E-state index is 5.81. The molecular formula is C19H21N5O2S. The molecule has 1 aliphatic carbocycles. The molecule has 0 saturated carbocycles. The van der Waals surface area contributed by atoms with Gasteiger partial charge in [-0.25, -0.2) is 20.4 Å². The average Bonchev–Trinajstić information content (AvgIpc) is 3.36. The van der Waals surface area contributed by atoms with Crippen LogP contribution in [0.4, 0.5) is 5.82 Å². The maximum absolute atomic E-state index is 5.81. The lowest BCUT2D eigenvalue weighted by molar-refractivity contribution is 0.126. The predicted molar refractivity (Wildman–Crippen MR) is 104 cm³/mol. The van der Waals surface area contributed by atoms with Gasteiger partial charge in [-0.1, -0.05) is 0 Å². The Balaban J connectivity index is 1.51. The molecule has 0 aromatic carbocycles. The third-order valence-corrected chi connectivity index (χ3v) is 6.30. The zero-order valence-corrected chi connectivity index (χ0v) is 15.8. The molecule has 0 spiro atoms. The second kappa shape index (κ2) is 7.46. The van der Waals surface area contributed by atoms with Crippen LogP contribution in [0, 0.1) is 5.92 Å². The minimum absolute atomic E-state index is 0.436. The second-order valence-electron chi connectivity index (χ2n) is 7.02. The Morgan fingerprint density at radius 1 is 1.22 bits per heavy atom. The lowest BCUT2D eigenvalue weighted by Gasteiger charge is -2.14. The molecule has 1 atom stereocenters. The van der Waals surface area contributed by atoms with Gasteiger partial charge in [0.15, 0.2) is 11.6 Å². The smallest absolute Gasteiger partial charge is 0.183 e. The summed E-state index contributed by atoms with van der Waals surface area (Å²) in [5.41, 5.74) is 5.15. The molecule has 0 radical (unpaired) electrons. The molecule has 8 heteroatoms. The third kappa shape index (κ3) is 3.40. The zero-order valence-electron chi connectivity index (χ0n) is 15.0. The summed E-state index contributed by atoms with van der Waals surface area (Å²) in [6, 6.07) is 0. The van der Waals surface area contributed by atoms with Gasteiger partial charge in [-0.2, -0.15) is 0 Å². The van der Waals surface area contributed by atoms with Gasteiger partial charge in [0.05, 0.1) is 24.8 Å². The first kappa shape index (κ1) is 17.0. The van der Waals surface area contributed by atoms with Crippen molar-refractivity contribution in [2.24, 2.45) is 5.92 Å². The van der Waals surface area contributed by atoms with Crippen LogP contribution in [0.3, 0.4) is 0 Å². The Morgan fingerprint density at radius 2 is 2.19 bits per heavy atom. The fourth-order valence-electron chi connectivity index (χ4n) is 3.70. The fraction of sp³-hybridized carbons (Fsp3) is 0.474. The first-order chi connectivity index (χ1) is 13.4. The summed E-state index contributed by atoms with van der Waals surface area (Å²) in [6.07, 6.45) is 10.7. The Morgan fingerprint density at radius 3 is 3.04 bits per heavy atom. The predicted octanol–water partition coefficient (Wildman–Crippen LogP) is 3.41. The Bertz CT molecular complexity index is 940. The number of anilines is 1. The van der Waals surface area contributed by atoms with Gasteiger partial charge >= 0.3 is 0 Å². The summed E-state index contributed by atoms with van der Waals surface area (Å²) in [5, 5.41) is 1.10. The topological polar surface area (TPSA) is 82.1 Å². The van der Waals surface area contributed by atoms with Crippen molar-refractivity contribution in [1.29, 1.82) is 0 Å². The van der Waals surface area contributed by atoms with Gasteiger partial charge in [-0.3, -0.25) is 9.82 Å². The first-order valence-electron chi connectivity index (χ1n) is 9.42. The van der Waals surface area contributed by atoms with Crippen LogP contribution in [-0.2, 0) is 22.4 Å². The number of thiophene rings is 1.